The highest BCUT2D eigenvalue weighted by Crippen LogP contribution is 2.25. The molecule has 1 atom stereocenters. The van der Waals surface area contributed by atoms with E-state index in [9.17, 15) is 0 Å². The molecule has 1 unspecified atom stereocenters. The van der Waals surface area contributed by atoms with Gasteiger partial charge in [0, 0.05) is 57.4 Å². The Morgan fingerprint density at radius 1 is 1.09 bits per heavy atom. The minimum atomic E-state index is -0.0466. The van der Waals surface area contributed by atoms with Crippen molar-refractivity contribution in [3.8, 4) is 5.75 Å². The molecule has 7 nitrogen and oxygen atoms in total. The molecule has 1 aliphatic heterocycles. The topological polar surface area (TPSA) is 63.6 Å². The van der Waals surface area contributed by atoms with Crippen LogP contribution in [-0.4, -0.2) is 60.8 Å². The molecule has 32 heavy (non-hydrogen) atoms. The van der Waals surface area contributed by atoms with Crippen LogP contribution < -0.4 is 9.64 Å². The lowest BCUT2D eigenvalue weighted by Crippen LogP contribution is -2.38. The number of aromatic nitrogens is 3. The standard InChI is InChI=1S/C25H31N5O2/c1-18-10-20(11-19-6-5-7-22(12-19)31-4)13-23(28-18)24-17-30(8-9-32-24)16-21-14-26-25(27-15-21)29(2)3/h5-7,10,12-15,24H,8-9,11,16-17H2,1-4H3. The van der Waals surface area contributed by atoms with Gasteiger partial charge in [0.25, 0.3) is 0 Å². The third-order valence-electron chi connectivity index (χ3n) is 5.55. The van der Waals surface area contributed by atoms with Gasteiger partial charge in [0.05, 0.1) is 19.4 Å². The highest BCUT2D eigenvalue weighted by molar-refractivity contribution is 5.34. The number of pyridine rings is 1. The zero-order valence-electron chi connectivity index (χ0n) is 19.3. The molecule has 1 fully saturated rings. The number of nitrogens with zero attached hydrogens (tertiary/aromatic N) is 5. The minimum Gasteiger partial charge on any atom is -0.497 e. The molecule has 1 aromatic carbocycles. The predicted octanol–water partition coefficient (Wildman–Crippen LogP) is 3.42. The SMILES string of the molecule is COc1cccc(Cc2cc(C)nc(C3CN(Cc4cnc(N(C)C)nc4)CCO3)c2)c1. The van der Waals surface area contributed by atoms with Gasteiger partial charge in [-0.3, -0.25) is 9.88 Å². The van der Waals surface area contributed by atoms with Gasteiger partial charge in [-0.25, -0.2) is 9.97 Å². The Labute approximate surface area is 190 Å². The van der Waals surface area contributed by atoms with Crippen molar-refractivity contribution in [2.45, 2.75) is 26.0 Å². The van der Waals surface area contributed by atoms with Gasteiger partial charge in [0.1, 0.15) is 11.9 Å². The smallest absolute Gasteiger partial charge is 0.224 e. The Hall–Kier alpha value is -3.03. The average Bonchev–Trinajstić information content (AvgIpc) is 2.79. The fourth-order valence-electron chi connectivity index (χ4n) is 4.00. The van der Waals surface area contributed by atoms with Gasteiger partial charge >= 0.3 is 0 Å². The summed E-state index contributed by atoms with van der Waals surface area (Å²) in [5.41, 5.74) is 5.55. The second kappa shape index (κ2) is 10.1. The van der Waals surface area contributed by atoms with Crippen molar-refractivity contribution in [3.63, 3.8) is 0 Å². The van der Waals surface area contributed by atoms with E-state index >= 15 is 0 Å². The molecule has 7 heteroatoms. The molecular formula is C25H31N5O2. The van der Waals surface area contributed by atoms with E-state index in [4.69, 9.17) is 14.5 Å². The Bertz CT molecular complexity index is 1040. The van der Waals surface area contributed by atoms with Crippen LogP contribution in [0.15, 0.2) is 48.8 Å². The van der Waals surface area contributed by atoms with E-state index in [0.717, 1.165) is 54.7 Å². The second-order valence-corrected chi connectivity index (χ2v) is 8.45. The molecule has 0 radical (unpaired) electrons. The maximum atomic E-state index is 6.12. The van der Waals surface area contributed by atoms with E-state index in [1.165, 1.54) is 11.1 Å². The maximum absolute atomic E-state index is 6.12. The summed E-state index contributed by atoms with van der Waals surface area (Å²) in [7, 11) is 5.58. The lowest BCUT2D eigenvalue weighted by atomic mass is 10.0. The van der Waals surface area contributed by atoms with E-state index in [1.54, 1.807) is 7.11 Å². The van der Waals surface area contributed by atoms with E-state index in [-0.39, 0.29) is 6.10 Å². The van der Waals surface area contributed by atoms with Gasteiger partial charge in [-0.1, -0.05) is 12.1 Å². The van der Waals surface area contributed by atoms with Crippen LogP contribution in [0.5, 0.6) is 5.75 Å². The molecule has 4 rings (SSSR count). The van der Waals surface area contributed by atoms with Crippen molar-refractivity contribution >= 4 is 5.95 Å². The van der Waals surface area contributed by atoms with E-state index in [1.807, 2.05) is 50.4 Å². The molecule has 0 spiro atoms. The van der Waals surface area contributed by atoms with Gasteiger partial charge in [-0.05, 0) is 48.7 Å². The van der Waals surface area contributed by atoms with E-state index < -0.39 is 0 Å². The first-order chi connectivity index (χ1) is 15.5. The third-order valence-corrected chi connectivity index (χ3v) is 5.55. The number of ether oxygens (including phenoxy) is 2. The normalized spacial score (nSPS) is 16.7. The van der Waals surface area contributed by atoms with E-state index in [2.05, 4.69) is 39.1 Å². The molecule has 1 saturated heterocycles. The Kier molecular flexibility index (Phi) is 6.97. The van der Waals surface area contributed by atoms with Crippen LogP contribution in [0.25, 0.3) is 0 Å². The highest BCUT2D eigenvalue weighted by atomic mass is 16.5. The summed E-state index contributed by atoms with van der Waals surface area (Å²) in [6, 6.07) is 12.5. The summed E-state index contributed by atoms with van der Waals surface area (Å²) in [5.74, 6) is 1.60. The van der Waals surface area contributed by atoms with Gasteiger partial charge in [0.15, 0.2) is 0 Å². The number of hydrogen-bond acceptors (Lipinski definition) is 7. The van der Waals surface area contributed by atoms with Gasteiger partial charge in [-0.2, -0.15) is 0 Å². The fraction of sp³-hybridized carbons (Fsp3) is 0.400. The van der Waals surface area contributed by atoms with Crippen LogP contribution in [0.4, 0.5) is 5.95 Å². The summed E-state index contributed by atoms with van der Waals surface area (Å²) in [5, 5.41) is 0. The van der Waals surface area contributed by atoms with Crippen LogP contribution >= 0.6 is 0 Å². The highest BCUT2D eigenvalue weighted by Gasteiger charge is 2.24. The maximum Gasteiger partial charge on any atom is 0.224 e. The van der Waals surface area contributed by atoms with Crippen LogP contribution in [0.1, 0.15) is 34.2 Å². The van der Waals surface area contributed by atoms with Crippen LogP contribution in [0.2, 0.25) is 0 Å². The summed E-state index contributed by atoms with van der Waals surface area (Å²) < 4.78 is 11.5. The lowest BCUT2D eigenvalue weighted by Gasteiger charge is -2.32. The lowest BCUT2D eigenvalue weighted by molar-refractivity contribution is -0.0351. The number of hydrogen-bond donors (Lipinski definition) is 0. The zero-order valence-corrected chi connectivity index (χ0v) is 19.3. The van der Waals surface area contributed by atoms with Crippen molar-refractivity contribution in [3.05, 3.63) is 76.9 Å². The largest absolute Gasteiger partial charge is 0.497 e. The molecule has 2 aromatic heterocycles. The van der Waals surface area contributed by atoms with Crippen molar-refractivity contribution < 1.29 is 9.47 Å². The number of morpholine rings is 1. The monoisotopic (exact) mass is 433 g/mol. The minimum absolute atomic E-state index is 0.0466. The van der Waals surface area contributed by atoms with Gasteiger partial charge in [0.2, 0.25) is 5.95 Å². The third kappa shape index (κ3) is 5.60. The van der Waals surface area contributed by atoms with E-state index in [0.29, 0.717) is 6.61 Å². The molecule has 3 heterocycles. The Morgan fingerprint density at radius 3 is 2.66 bits per heavy atom. The molecule has 0 amide bonds. The first kappa shape index (κ1) is 22.2. The fourth-order valence-corrected chi connectivity index (χ4v) is 4.00. The molecular weight excluding hydrogens is 402 g/mol. The molecule has 0 saturated carbocycles. The molecule has 0 aliphatic carbocycles. The number of benzene rings is 1. The second-order valence-electron chi connectivity index (χ2n) is 8.45. The summed E-state index contributed by atoms with van der Waals surface area (Å²) in [6.45, 7) is 5.21. The quantitative estimate of drug-likeness (QED) is 0.566. The summed E-state index contributed by atoms with van der Waals surface area (Å²) in [6.07, 6.45) is 4.60. The van der Waals surface area contributed by atoms with Crippen molar-refractivity contribution in [2.24, 2.45) is 0 Å². The molecule has 3 aromatic rings. The number of aryl methyl sites for hydroxylation is 1. The Morgan fingerprint density at radius 2 is 1.91 bits per heavy atom. The number of anilines is 1. The zero-order chi connectivity index (χ0) is 22.5. The van der Waals surface area contributed by atoms with Crippen LogP contribution in [-0.2, 0) is 17.7 Å². The first-order valence-corrected chi connectivity index (χ1v) is 10.9. The molecule has 168 valence electrons. The van der Waals surface area contributed by atoms with Crippen molar-refractivity contribution in [2.75, 3.05) is 45.8 Å². The predicted molar refractivity (Wildman–Crippen MR) is 125 cm³/mol. The van der Waals surface area contributed by atoms with Gasteiger partial charge < -0.3 is 14.4 Å². The van der Waals surface area contributed by atoms with Crippen LogP contribution in [0, 0.1) is 6.92 Å². The molecule has 0 bridgehead atoms. The average molecular weight is 434 g/mol. The number of methoxy groups -OCH3 is 1. The van der Waals surface area contributed by atoms with Crippen molar-refractivity contribution in [1.82, 2.24) is 19.9 Å². The first-order valence-electron chi connectivity index (χ1n) is 10.9. The van der Waals surface area contributed by atoms with Crippen molar-refractivity contribution in [1.29, 1.82) is 0 Å². The van der Waals surface area contributed by atoms with Crippen LogP contribution in [0.3, 0.4) is 0 Å². The molecule has 1 aliphatic rings. The number of rotatable bonds is 7. The molecule has 0 N–H and O–H groups in total. The van der Waals surface area contributed by atoms with Gasteiger partial charge in [-0.15, -0.1) is 0 Å². The Balaban J connectivity index is 1.45. The summed E-state index contributed by atoms with van der Waals surface area (Å²) in [4.78, 5) is 17.9. The summed E-state index contributed by atoms with van der Waals surface area (Å²) >= 11 is 0.